The lowest BCUT2D eigenvalue weighted by Crippen LogP contribution is -2.23. The zero-order valence-electron chi connectivity index (χ0n) is 9.23. The van der Waals surface area contributed by atoms with Crippen molar-refractivity contribution in [3.8, 4) is 0 Å². The Morgan fingerprint density at radius 2 is 1.87 bits per heavy atom. The molecule has 0 spiro atoms. The third kappa shape index (κ3) is 2.41. The number of rotatable bonds is 1. The molecule has 15 heavy (non-hydrogen) atoms. The maximum atomic E-state index is 5.60. The molecular weight excluding hydrogens is 206 g/mol. The van der Waals surface area contributed by atoms with Gasteiger partial charge in [0.25, 0.3) is 0 Å². The van der Waals surface area contributed by atoms with Gasteiger partial charge in [-0.25, -0.2) is 4.99 Å². The van der Waals surface area contributed by atoms with Gasteiger partial charge < -0.3 is 0 Å². The number of hydrogen-bond donors (Lipinski definition) is 0. The van der Waals surface area contributed by atoms with Gasteiger partial charge in [-0.3, -0.25) is 4.18 Å². The molecule has 1 aromatic rings. The van der Waals surface area contributed by atoms with Crippen LogP contribution in [0.2, 0.25) is 0 Å². The fourth-order valence-electron chi connectivity index (χ4n) is 1.28. The van der Waals surface area contributed by atoms with E-state index in [4.69, 9.17) is 4.18 Å². The topological polar surface area (TPSA) is 21.6 Å². The summed E-state index contributed by atoms with van der Waals surface area (Å²) in [5, 5.41) is 0.982. The molecule has 1 unspecified atom stereocenters. The minimum atomic E-state index is -0.0438. The third-order valence-corrected chi connectivity index (χ3v) is 2.99. The van der Waals surface area contributed by atoms with Crippen LogP contribution in [0.3, 0.4) is 0 Å². The first-order valence-corrected chi connectivity index (χ1v) is 5.78. The number of nitrogens with zero attached hydrogens (tertiary/aromatic N) is 1. The van der Waals surface area contributed by atoms with Gasteiger partial charge in [-0.2, -0.15) is 0 Å². The first-order chi connectivity index (χ1) is 7.07. The highest BCUT2D eigenvalue weighted by molar-refractivity contribution is 8.10. The van der Waals surface area contributed by atoms with E-state index in [9.17, 15) is 0 Å². The molecule has 0 aliphatic carbocycles. The van der Waals surface area contributed by atoms with Crippen LogP contribution >= 0.6 is 12.0 Å². The van der Waals surface area contributed by atoms with Crippen LogP contribution in [0.4, 0.5) is 0 Å². The quantitative estimate of drug-likeness (QED) is 0.677. The largest absolute Gasteiger partial charge is 0.282 e. The lowest BCUT2D eigenvalue weighted by molar-refractivity contribution is 0.126. The van der Waals surface area contributed by atoms with Crippen molar-refractivity contribution in [3.63, 3.8) is 0 Å². The Morgan fingerprint density at radius 3 is 2.40 bits per heavy atom. The van der Waals surface area contributed by atoms with Crippen LogP contribution in [0.1, 0.15) is 26.3 Å². The number of benzene rings is 1. The van der Waals surface area contributed by atoms with Gasteiger partial charge in [0.2, 0.25) is 0 Å². The zero-order valence-corrected chi connectivity index (χ0v) is 10.0. The Morgan fingerprint density at radius 1 is 1.20 bits per heavy atom. The second kappa shape index (κ2) is 3.99. The number of hydrogen-bond acceptors (Lipinski definition) is 3. The molecule has 1 aliphatic heterocycles. The standard InChI is InChI=1S/C12H15NOS/c1-12(2,3)11-13-10(15-14-11)9-7-5-4-6-8-9/h4-8,11H,1-3H3. The Kier molecular flexibility index (Phi) is 2.85. The molecule has 2 rings (SSSR count). The minimum absolute atomic E-state index is 0.0438. The van der Waals surface area contributed by atoms with Crippen LogP contribution in [0.5, 0.6) is 0 Å². The van der Waals surface area contributed by atoms with Crippen molar-refractivity contribution in [2.75, 3.05) is 0 Å². The highest BCUT2D eigenvalue weighted by Crippen LogP contribution is 2.34. The summed E-state index contributed by atoms with van der Waals surface area (Å²) in [4.78, 5) is 4.59. The summed E-state index contributed by atoms with van der Waals surface area (Å²) in [6, 6.07) is 10.2. The first-order valence-electron chi connectivity index (χ1n) is 5.04. The molecule has 0 fully saturated rings. The Bertz CT molecular complexity index is 367. The molecule has 1 atom stereocenters. The highest BCUT2D eigenvalue weighted by Gasteiger charge is 2.31. The smallest absolute Gasteiger partial charge is 0.168 e. The third-order valence-electron chi connectivity index (χ3n) is 2.21. The molecular formula is C12H15NOS. The summed E-state index contributed by atoms with van der Waals surface area (Å²) in [5.74, 6) is 0. The summed E-state index contributed by atoms with van der Waals surface area (Å²) in [7, 11) is 0. The summed E-state index contributed by atoms with van der Waals surface area (Å²) in [6.07, 6.45) is -0.0438. The predicted octanol–water partition coefficient (Wildman–Crippen LogP) is 3.48. The first kappa shape index (κ1) is 10.7. The second-order valence-electron chi connectivity index (χ2n) is 4.70. The van der Waals surface area contributed by atoms with E-state index in [0.29, 0.717) is 0 Å². The summed E-state index contributed by atoms with van der Waals surface area (Å²) in [6.45, 7) is 6.40. The molecule has 0 bridgehead atoms. The fourth-order valence-corrected chi connectivity index (χ4v) is 2.17. The lowest BCUT2D eigenvalue weighted by Gasteiger charge is -2.21. The molecule has 80 valence electrons. The van der Waals surface area contributed by atoms with Crippen LogP contribution in [-0.2, 0) is 4.18 Å². The molecule has 0 saturated carbocycles. The minimum Gasteiger partial charge on any atom is -0.282 e. The zero-order chi connectivity index (χ0) is 10.9. The SMILES string of the molecule is CC(C)(C)C1N=C(c2ccccc2)SO1. The average Bonchev–Trinajstić information content (AvgIpc) is 2.67. The van der Waals surface area contributed by atoms with E-state index in [1.165, 1.54) is 12.0 Å². The van der Waals surface area contributed by atoms with Crippen molar-refractivity contribution >= 4 is 17.1 Å². The predicted molar refractivity (Wildman–Crippen MR) is 64.9 cm³/mol. The van der Waals surface area contributed by atoms with Gasteiger partial charge in [-0.05, 0) is 0 Å². The van der Waals surface area contributed by atoms with E-state index in [-0.39, 0.29) is 11.6 Å². The molecule has 2 nitrogen and oxygen atoms in total. The van der Waals surface area contributed by atoms with Crippen molar-refractivity contribution in [1.29, 1.82) is 0 Å². The summed E-state index contributed by atoms with van der Waals surface area (Å²) < 4.78 is 5.60. The van der Waals surface area contributed by atoms with Gasteiger partial charge in [0.15, 0.2) is 6.23 Å². The number of aliphatic imine (C=N–C) groups is 1. The van der Waals surface area contributed by atoms with Crippen LogP contribution in [0.25, 0.3) is 0 Å². The van der Waals surface area contributed by atoms with Gasteiger partial charge in [0.05, 0.1) is 12.0 Å². The van der Waals surface area contributed by atoms with Crippen LogP contribution in [-0.4, -0.2) is 11.3 Å². The van der Waals surface area contributed by atoms with E-state index >= 15 is 0 Å². The molecule has 0 amide bonds. The molecule has 1 heterocycles. The van der Waals surface area contributed by atoms with Crippen molar-refractivity contribution < 1.29 is 4.18 Å². The van der Waals surface area contributed by atoms with Gasteiger partial charge >= 0.3 is 0 Å². The van der Waals surface area contributed by atoms with Crippen molar-refractivity contribution in [1.82, 2.24) is 0 Å². The maximum absolute atomic E-state index is 5.60. The molecule has 1 aromatic carbocycles. The average molecular weight is 221 g/mol. The van der Waals surface area contributed by atoms with E-state index in [2.05, 4.69) is 37.9 Å². The normalized spacial score (nSPS) is 21.5. The van der Waals surface area contributed by atoms with Crippen molar-refractivity contribution in [2.24, 2.45) is 10.4 Å². The monoisotopic (exact) mass is 221 g/mol. The van der Waals surface area contributed by atoms with Gasteiger partial charge in [0, 0.05) is 11.0 Å². The Balaban J connectivity index is 2.21. The summed E-state index contributed by atoms with van der Waals surface area (Å²) in [5.41, 5.74) is 1.19. The van der Waals surface area contributed by atoms with Crippen LogP contribution in [0.15, 0.2) is 35.3 Å². The molecule has 0 aromatic heterocycles. The Hall–Kier alpha value is -0.800. The van der Waals surface area contributed by atoms with Gasteiger partial charge in [-0.15, -0.1) is 0 Å². The molecule has 0 saturated heterocycles. The van der Waals surface area contributed by atoms with E-state index in [1.807, 2.05) is 18.2 Å². The second-order valence-corrected chi connectivity index (χ2v) is 5.44. The molecule has 3 heteroatoms. The van der Waals surface area contributed by atoms with Crippen molar-refractivity contribution in [3.05, 3.63) is 35.9 Å². The van der Waals surface area contributed by atoms with Gasteiger partial charge in [0.1, 0.15) is 5.04 Å². The molecule has 0 N–H and O–H groups in total. The molecule has 0 radical (unpaired) electrons. The van der Waals surface area contributed by atoms with E-state index < -0.39 is 0 Å². The highest BCUT2D eigenvalue weighted by atomic mass is 32.2. The molecule has 1 aliphatic rings. The van der Waals surface area contributed by atoms with Crippen LogP contribution in [0, 0.1) is 5.41 Å². The maximum Gasteiger partial charge on any atom is 0.168 e. The van der Waals surface area contributed by atoms with Gasteiger partial charge in [-0.1, -0.05) is 51.1 Å². The Labute approximate surface area is 95.0 Å². The summed E-state index contributed by atoms with van der Waals surface area (Å²) >= 11 is 1.38. The van der Waals surface area contributed by atoms with Crippen molar-refractivity contribution in [2.45, 2.75) is 27.0 Å². The van der Waals surface area contributed by atoms with E-state index in [0.717, 1.165) is 10.6 Å². The lowest BCUT2D eigenvalue weighted by atomic mass is 9.95. The fraction of sp³-hybridized carbons (Fsp3) is 0.417. The van der Waals surface area contributed by atoms with Crippen LogP contribution < -0.4 is 0 Å². The van der Waals surface area contributed by atoms with E-state index in [1.54, 1.807) is 0 Å².